The van der Waals surface area contributed by atoms with Crippen LogP contribution >= 0.6 is 11.0 Å². The lowest BCUT2D eigenvalue weighted by Gasteiger charge is -1.71. The van der Waals surface area contributed by atoms with Crippen molar-refractivity contribution in [3.63, 3.8) is 0 Å². The molecule has 0 aromatic heterocycles. The summed E-state index contributed by atoms with van der Waals surface area (Å²) in [6.07, 6.45) is 1.67. The van der Waals surface area contributed by atoms with Crippen LogP contribution in [-0.2, 0) is 9.83 Å². The third-order valence-corrected chi connectivity index (χ3v) is 2.40. The van der Waals surface area contributed by atoms with Gasteiger partial charge in [-0.25, -0.2) is 8.61 Å². The van der Waals surface area contributed by atoms with Crippen LogP contribution in [0.5, 0.6) is 0 Å². The first-order valence-corrected chi connectivity index (χ1v) is 4.08. The van der Waals surface area contributed by atoms with Crippen LogP contribution in [-0.4, -0.2) is 16.2 Å². The van der Waals surface area contributed by atoms with Crippen molar-refractivity contribution in [3.8, 4) is 0 Å². The molecule has 1 unspecified atom stereocenters. The van der Waals surface area contributed by atoms with Crippen LogP contribution in [0.15, 0.2) is 4.40 Å². The Morgan fingerprint density at radius 3 is 3.00 bits per heavy atom. The quantitative estimate of drug-likeness (QED) is 0.342. The van der Waals surface area contributed by atoms with Crippen LogP contribution in [0.2, 0.25) is 0 Å². The number of nitrogens with zero attached hydrogens (tertiary/aromatic N) is 1. The Kier molecular flexibility index (Phi) is 1.26. The summed E-state index contributed by atoms with van der Waals surface area (Å²) in [4.78, 5) is 0. The fourth-order valence-corrected chi connectivity index (χ4v) is 1.62. The van der Waals surface area contributed by atoms with Gasteiger partial charge in [0, 0.05) is 6.21 Å². The van der Waals surface area contributed by atoms with Gasteiger partial charge in [0.05, 0.1) is 16.7 Å². The summed E-state index contributed by atoms with van der Waals surface area (Å²) in [6.45, 7) is 0. The predicted molar refractivity (Wildman–Crippen MR) is 29.1 cm³/mol. The first-order valence-electron chi connectivity index (χ1n) is 1.47. The van der Waals surface area contributed by atoms with Crippen LogP contribution in [0.4, 0.5) is 0 Å². The van der Waals surface area contributed by atoms with E-state index >= 15 is 0 Å². The molecule has 0 spiro atoms. The summed E-state index contributed by atoms with van der Waals surface area (Å²) in [6, 6.07) is 0. The molecule has 1 rings (SSSR count). The highest BCUT2D eigenvalue weighted by Crippen LogP contribution is 2.12. The molecule has 34 valence electrons. The van der Waals surface area contributed by atoms with Crippen molar-refractivity contribution < 1.29 is 4.21 Å². The molecule has 4 heteroatoms. The van der Waals surface area contributed by atoms with Gasteiger partial charge >= 0.3 is 0 Å². The van der Waals surface area contributed by atoms with Gasteiger partial charge in [-0.05, 0) is 0 Å². The van der Waals surface area contributed by atoms with E-state index in [1.165, 1.54) is 0 Å². The maximum atomic E-state index is 10.2. The van der Waals surface area contributed by atoms with E-state index in [-0.39, 0.29) is 0 Å². The molecular formula is C2H3NOS2. The molecule has 0 fully saturated rings. The van der Waals surface area contributed by atoms with E-state index in [0.717, 1.165) is 11.0 Å². The third-order valence-electron chi connectivity index (χ3n) is 0.411. The summed E-state index contributed by atoms with van der Waals surface area (Å²) in [7, 11) is 0.410. The van der Waals surface area contributed by atoms with E-state index in [9.17, 15) is 4.21 Å². The van der Waals surface area contributed by atoms with Crippen molar-refractivity contribution in [1.82, 2.24) is 0 Å². The van der Waals surface area contributed by atoms with Gasteiger partial charge in [-0.3, -0.25) is 0 Å². The van der Waals surface area contributed by atoms with Gasteiger partial charge in [-0.2, -0.15) is 0 Å². The Bertz CT molecular complexity index is 89.7. The van der Waals surface area contributed by atoms with Gasteiger partial charge in [-0.15, -0.1) is 0 Å². The van der Waals surface area contributed by atoms with Crippen LogP contribution < -0.4 is 0 Å². The van der Waals surface area contributed by atoms with E-state index in [4.69, 9.17) is 0 Å². The van der Waals surface area contributed by atoms with Gasteiger partial charge in [0.25, 0.3) is 0 Å². The van der Waals surface area contributed by atoms with Crippen molar-refractivity contribution in [2.24, 2.45) is 4.40 Å². The molecule has 0 N–H and O–H groups in total. The Hall–Kier alpha value is 0.170. The second kappa shape index (κ2) is 1.75. The monoisotopic (exact) mass is 121 g/mol. The molecule has 2 nitrogen and oxygen atoms in total. The molecule has 0 saturated heterocycles. The minimum Gasteiger partial charge on any atom is -0.246 e. The van der Waals surface area contributed by atoms with Gasteiger partial charge in [0.2, 0.25) is 0 Å². The Labute approximate surface area is 42.0 Å². The highest BCUT2D eigenvalue weighted by Gasteiger charge is 2.00. The van der Waals surface area contributed by atoms with E-state index < -0.39 is 9.83 Å². The van der Waals surface area contributed by atoms with Gasteiger partial charge in [-0.1, -0.05) is 0 Å². The number of hydrogen-bond acceptors (Lipinski definition) is 3. The first kappa shape index (κ1) is 4.33. The summed E-state index contributed by atoms with van der Waals surface area (Å²) < 4.78 is 13.8. The fourth-order valence-electron chi connectivity index (χ4n) is 0.200. The summed E-state index contributed by atoms with van der Waals surface area (Å²) >= 11 is 0. The van der Waals surface area contributed by atoms with E-state index in [1.807, 2.05) is 0 Å². The number of hydrogen-bond donors (Lipinski definition) is 0. The van der Waals surface area contributed by atoms with E-state index in [0.29, 0.717) is 5.75 Å². The topological polar surface area (TPSA) is 29.4 Å². The minimum atomic E-state index is -0.728. The summed E-state index contributed by atoms with van der Waals surface area (Å²) in [5, 5.41) is 0. The fraction of sp³-hybridized carbons (Fsp3) is 0.500. The summed E-state index contributed by atoms with van der Waals surface area (Å²) in [5.41, 5.74) is 0. The molecular weight excluding hydrogens is 118 g/mol. The number of rotatable bonds is 0. The molecule has 0 aliphatic carbocycles. The molecule has 0 bridgehead atoms. The predicted octanol–water partition coefficient (Wildman–Crippen LogP) is 0.383. The maximum absolute atomic E-state index is 10.2. The van der Waals surface area contributed by atoms with Crippen molar-refractivity contribution in [1.29, 1.82) is 0 Å². The maximum Gasteiger partial charge on any atom is 0.108 e. The molecule has 1 atom stereocenters. The van der Waals surface area contributed by atoms with Crippen LogP contribution in [0.1, 0.15) is 0 Å². The minimum absolute atomic E-state index is 0.630. The second-order valence-electron chi connectivity index (χ2n) is 0.833. The molecule has 1 aliphatic rings. The molecule has 6 heavy (non-hydrogen) atoms. The lowest BCUT2D eigenvalue weighted by atomic mass is 10.9. The molecule has 1 heterocycles. The third kappa shape index (κ3) is 0.815. The molecule has 0 radical (unpaired) electrons. The smallest absolute Gasteiger partial charge is 0.108 e. The Morgan fingerprint density at radius 2 is 2.83 bits per heavy atom. The van der Waals surface area contributed by atoms with Crippen molar-refractivity contribution in [2.75, 3.05) is 5.75 Å². The highest BCUT2D eigenvalue weighted by atomic mass is 33.1. The standard InChI is InChI=1S/C2H3NOS2/c4-6-2-1-3-5-6/h1H,2H2. The van der Waals surface area contributed by atoms with Gasteiger partial charge < -0.3 is 0 Å². The van der Waals surface area contributed by atoms with Crippen LogP contribution in [0, 0.1) is 0 Å². The summed E-state index contributed by atoms with van der Waals surface area (Å²) in [5.74, 6) is 0.630. The van der Waals surface area contributed by atoms with Gasteiger partial charge in [0.15, 0.2) is 0 Å². The Balaban J connectivity index is 2.52. The zero-order chi connectivity index (χ0) is 4.41. The average molecular weight is 121 g/mol. The van der Waals surface area contributed by atoms with Gasteiger partial charge in [0.1, 0.15) is 9.83 Å². The zero-order valence-electron chi connectivity index (χ0n) is 2.96. The second-order valence-corrected chi connectivity index (χ2v) is 3.70. The van der Waals surface area contributed by atoms with Crippen molar-refractivity contribution >= 4 is 27.0 Å². The average Bonchev–Trinajstić information content (AvgIpc) is 1.86. The molecule has 0 amide bonds. The first-order chi connectivity index (χ1) is 2.89. The van der Waals surface area contributed by atoms with Crippen LogP contribution in [0.25, 0.3) is 0 Å². The lowest BCUT2D eigenvalue weighted by molar-refractivity contribution is 0.694. The normalized spacial score (nSPS) is 31.7. The Morgan fingerprint density at radius 1 is 2.00 bits per heavy atom. The largest absolute Gasteiger partial charge is 0.246 e. The molecule has 1 aliphatic heterocycles. The lowest BCUT2D eigenvalue weighted by Crippen LogP contribution is -1.81. The van der Waals surface area contributed by atoms with E-state index in [2.05, 4.69) is 4.40 Å². The van der Waals surface area contributed by atoms with Crippen molar-refractivity contribution in [3.05, 3.63) is 0 Å². The highest BCUT2D eigenvalue weighted by molar-refractivity contribution is 8.69. The zero-order valence-corrected chi connectivity index (χ0v) is 4.59. The SMILES string of the molecule is O=S1CC=NS1. The molecule has 0 aromatic rings. The van der Waals surface area contributed by atoms with Crippen LogP contribution in [0.3, 0.4) is 0 Å². The molecule has 0 aromatic carbocycles. The van der Waals surface area contributed by atoms with Crippen molar-refractivity contribution in [2.45, 2.75) is 0 Å². The van der Waals surface area contributed by atoms with E-state index in [1.54, 1.807) is 6.21 Å². The molecule has 0 saturated carbocycles.